The smallest absolute Gasteiger partial charge is 0.259 e. The monoisotopic (exact) mass is 326 g/mol. The second-order valence-electron chi connectivity index (χ2n) is 4.87. The Morgan fingerprint density at radius 2 is 1.90 bits per heavy atom. The van der Waals surface area contributed by atoms with Gasteiger partial charge in [-0.15, -0.1) is 0 Å². The maximum Gasteiger partial charge on any atom is 0.259 e. The average molecular weight is 326 g/mol. The Kier molecular flexibility index (Phi) is 13.2. The van der Waals surface area contributed by atoms with Crippen LogP contribution in [0.2, 0.25) is 0 Å². The summed E-state index contributed by atoms with van der Waals surface area (Å²) < 4.78 is 11.1. The third-order valence-electron chi connectivity index (χ3n) is 2.97. The van der Waals surface area contributed by atoms with E-state index in [1.165, 1.54) is 0 Å². The standard InChI is InChI=1S/C11H25N2O5P.C2H6/c1-4-9(2)5-6-13(16)10(14)7-12-8-11(15)19(3,17)18;1-2/h9,11-12,15-16H,4-8H2,1-3H3,(H,17,18);1-2H3. The third kappa shape index (κ3) is 11.8. The molecule has 0 spiro atoms. The molecule has 8 heteroatoms. The largest absolute Gasteiger partial charge is 0.382 e. The molecule has 0 radical (unpaired) electrons. The van der Waals surface area contributed by atoms with Crippen LogP contribution in [0.15, 0.2) is 0 Å². The molecule has 0 fully saturated rings. The first-order valence-electron chi connectivity index (χ1n) is 7.36. The summed E-state index contributed by atoms with van der Waals surface area (Å²) in [7, 11) is -3.56. The molecule has 3 unspecified atom stereocenters. The summed E-state index contributed by atoms with van der Waals surface area (Å²) in [5.74, 6) is -1.51. The third-order valence-corrected chi connectivity index (χ3v) is 4.26. The fourth-order valence-electron chi connectivity index (χ4n) is 1.24. The molecule has 3 atom stereocenters. The van der Waals surface area contributed by atoms with Crippen LogP contribution < -0.4 is 5.32 Å². The van der Waals surface area contributed by atoms with Crippen LogP contribution in [0.1, 0.15) is 40.5 Å². The molecule has 128 valence electrons. The van der Waals surface area contributed by atoms with Gasteiger partial charge < -0.3 is 15.3 Å². The molecule has 1 amide bonds. The van der Waals surface area contributed by atoms with Gasteiger partial charge in [-0.2, -0.15) is 0 Å². The Morgan fingerprint density at radius 1 is 1.38 bits per heavy atom. The maximum atomic E-state index is 11.5. The summed E-state index contributed by atoms with van der Waals surface area (Å²) in [5.41, 5.74) is 0. The molecule has 0 saturated heterocycles. The highest BCUT2D eigenvalue weighted by atomic mass is 31.2. The summed E-state index contributed by atoms with van der Waals surface area (Å²) >= 11 is 0. The van der Waals surface area contributed by atoms with Crippen LogP contribution in [0, 0.1) is 5.92 Å². The molecule has 0 saturated carbocycles. The van der Waals surface area contributed by atoms with Crippen LogP contribution in [0.25, 0.3) is 0 Å². The highest BCUT2D eigenvalue weighted by Gasteiger charge is 2.22. The lowest BCUT2D eigenvalue weighted by atomic mass is 10.1. The molecule has 0 aliphatic rings. The lowest BCUT2D eigenvalue weighted by molar-refractivity contribution is -0.164. The van der Waals surface area contributed by atoms with Gasteiger partial charge in [-0.3, -0.25) is 14.6 Å². The number of rotatable bonds is 9. The second-order valence-corrected chi connectivity index (χ2v) is 7.36. The van der Waals surface area contributed by atoms with Crippen LogP contribution in [0.5, 0.6) is 0 Å². The van der Waals surface area contributed by atoms with Crippen molar-refractivity contribution in [3.8, 4) is 0 Å². The predicted octanol–water partition coefficient (Wildman–Crippen LogP) is 1.47. The summed E-state index contributed by atoms with van der Waals surface area (Å²) in [4.78, 5) is 20.5. The molecule has 4 N–H and O–H groups in total. The topological polar surface area (TPSA) is 110 Å². The first-order valence-corrected chi connectivity index (χ1v) is 9.54. The zero-order chi connectivity index (χ0) is 17.1. The van der Waals surface area contributed by atoms with Crippen molar-refractivity contribution in [3.05, 3.63) is 0 Å². The maximum absolute atomic E-state index is 11.5. The zero-order valence-corrected chi connectivity index (χ0v) is 14.6. The lowest BCUT2D eigenvalue weighted by Gasteiger charge is -2.18. The molecule has 0 aromatic carbocycles. The number of hydrogen-bond acceptors (Lipinski definition) is 5. The van der Waals surface area contributed by atoms with Crippen molar-refractivity contribution in [3.63, 3.8) is 0 Å². The average Bonchev–Trinajstić information content (AvgIpc) is 2.44. The summed E-state index contributed by atoms with van der Waals surface area (Å²) in [6.45, 7) is 9.02. The van der Waals surface area contributed by atoms with Gasteiger partial charge in [-0.1, -0.05) is 34.1 Å². The zero-order valence-electron chi connectivity index (χ0n) is 13.7. The van der Waals surface area contributed by atoms with E-state index in [-0.39, 0.29) is 19.6 Å². The van der Waals surface area contributed by atoms with Gasteiger partial charge in [0.15, 0.2) is 0 Å². The number of aliphatic hydroxyl groups is 1. The number of nitrogens with one attached hydrogen (secondary N) is 1. The van der Waals surface area contributed by atoms with Crippen LogP contribution in [-0.4, -0.2) is 58.3 Å². The molecular formula is C13H31N2O5P. The summed E-state index contributed by atoms with van der Waals surface area (Å²) in [6, 6.07) is 0. The number of hydroxylamine groups is 2. The van der Waals surface area contributed by atoms with Gasteiger partial charge in [0.1, 0.15) is 5.85 Å². The SMILES string of the molecule is CC.CCC(C)CCN(O)C(=O)CNCC(O)P(C)(=O)O. The fourth-order valence-corrected chi connectivity index (χ4v) is 1.71. The number of amides is 1. The number of nitrogens with zero attached hydrogens (tertiary/aromatic N) is 1. The van der Waals surface area contributed by atoms with Crippen molar-refractivity contribution in [1.82, 2.24) is 10.4 Å². The molecule has 7 nitrogen and oxygen atoms in total. The molecule has 0 aromatic heterocycles. The van der Waals surface area contributed by atoms with E-state index in [0.717, 1.165) is 13.1 Å². The van der Waals surface area contributed by atoms with E-state index >= 15 is 0 Å². The van der Waals surface area contributed by atoms with E-state index in [2.05, 4.69) is 5.32 Å². The summed E-state index contributed by atoms with van der Waals surface area (Å²) in [5, 5.41) is 21.9. The predicted molar refractivity (Wildman–Crippen MR) is 83.5 cm³/mol. The van der Waals surface area contributed by atoms with Gasteiger partial charge in [0, 0.05) is 19.8 Å². The number of aliphatic hydroxyl groups excluding tert-OH is 1. The van der Waals surface area contributed by atoms with E-state index in [4.69, 9.17) is 4.89 Å². The quantitative estimate of drug-likeness (QED) is 0.290. The minimum Gasteiger partial charge on any atom is -0.382 e. The Hall–Kier alpha value is -0.460. The van der Waals surface area contributed by atoms with Gasteiger partial charge in [-0.05, 0) is 12.3 Å². The molecular weight excluding hydrogens is 295 g/mol. The highest BCUT2D eigenvalue weighted by Crippen LogP contribution is 2.39. The molecule has 0 bridgehead atoms. The number of hydrogen-bond donors (Lipinski definition) is 4. The van der Waals surface area contributed by atoms with Crippen molar-refractivity contribution < 1.29 is 24.6 Å². The number of carbonyl (C=O) groups is 1. The van der Waals surface area contributed by atoms with E-state index in [9.17, 15) is 19.7 Å². The van der Waals surface area contributed by atoms with Crippen molar-refractivity contribution in [2.75, 3.05) is 26.3 Å². The Bertz CT molecular complexity index is 322. The van der Waals surface area contributed by atoms with Crippen molar-refractivity contribution in [1.29, 1.82) is 0 Å². The van der Waals surface area contributed by atoms with Crippen LogP contribution in [-0.2, 0) is 9.36 Å². The number of carbonyl (C=O) groups excluding carboxylic acids is 1. The summed E-state index contributed by atoms with van der Waals surface area (Å²) in [6.07, 6.45) is 1.69. The van der Waals surface area contributed by atoms with E-state index in [1.54, 1.807) is 0 Å². The van der Waals surface area contributed by atoms with Gasteiger partial charge in [0.05, 0.1) is 6.54 Å². The molecule has 0 rings (SSSR count). The Balaban J connectivity index is 0. The highest BCUT2D eigenvalue weighted by molar-refractivity contribution is 7.57. The van der Waals surface area contributed by atoms with Crippen LogP contribution in [0.4, 0.5) is 0 Å². The van der Waals surface area contributed by atoms with E-state index < -0.39 is 19.1 Å². The van der Waals surface area contributed by atoms with Crippen molar-refractivity contribution in [2.24, 2.45) is 5.92 Å². The Morgan fingerprint density at radius 3 is 2.33 bits per heavy atom. The van der Waals surface area contributed by atoms with E-state index in [1.807, 2.05) is 27.7 Å². The molecule has 0 heterocycles. The van der Waals surface area contributed by atoms with E-state index in [0.29, 0.717) is 17.4 Å². The normalized spacial score (nSPS) is 16.2. The lowest BCUT2D eigenvalue weighted by Crippen LogP contribution is -2.39. The minimum absolute atomic E-state index is 0.171. The molecule has 0 aromatic rings. The molecule has 21 heavy (non-hydrogen) atoms. The minimum atomic E-state index is -3.56. The van der Waals surface area contributed by atoms with Crippen molar-refractivity contribution in [2.45, 2.75) is 46.4 Å². The van der Waals surface area contributed by atoms with Crippen molar-refractivity contribution >= 4 is 13.3 Å². The molecule has 0 aliphatic carbocycles. The van der Waals surface area contributed by atoms with Gasteiger partial charge in [-0.25, -0.2) is 5.06 Å². The Labute approximate surface area is 127 Å². The first kappa shape index (κ1) is 22.8. The van der Waals surface area contributed by atoms with Gasteiger partial charge >= 0.3 is 0 Å². The fraction of sp³-hybridized carbons (Fsp3) is 0.923. The second kappa shape index (κ2) is 12.1. The van der Waals surface area contributed by atoms with Crippen LogP contribution in [0.3, 0.4) is 0 Å². The molecule has 0 aliphatic heterocycles. The van der Waals surface area contributed by atoms with Crippen LogP contribution >= 0.6 is 7.37 Å². The van der Waals surface area contributed by atoms with Gasteiger partial charge in [0.2, 0.25) is 7.37 Å². The van der Waals surface area contributed by atoms with Gasteiger partial charge in [0.25, 0.3) is 5.91 Å². The first-order chi connectivity index (χ1) is 9.68.